The minimum Gasteiger partial charge on any atom is -0.357 e. The Hall–Kier alpha value is -3.01. The summed E-state index contributed by atoms with van der Waals surface area (Å²) in [5.74, 6) is -2.91. The van der Waals surface area contributed by atoms with E-state index in [4.69, 9.17) is 0 Å². The van der Waals surface area contributed by atoms with Gasteiger partial charge < -0.3 is 10.2 Å². The normalized spacial score (nSPS) is 12.2. The second-order valence-corrected chi connectivity index (χ2v) is 9.24. The lowest BCUT2D eigenvalue weighted by Crippen LogP contribution is -2.46. The maximum Gasteiger partial charge on any atom is 0.242 e. The van der Waals surface area contributed by atoms with Gasteiger partial charge in [0.15, 0.2) is 11.6 Å². The number of hydrogen-bond acceptors (Lipinski definition) is 4. The molecule has 0 fully saturated rings. The average Bonchev–Trinajstić information content (AvgIpc) is 2.75. The van der Waals surface area contributed by atoms with E-state index in [9.17, 15) is 26.8 Å². The fourth-order valence-electron chi connectivity index (χ4n) is 3.22. The first-order chi connectivity index (χ1) is 15.0. The van der Waals surface area contributed by atoms with E-state index in [0.29, 0.717) is 0 Å². The smallest absolute Gasteiger partial charge is 0.242 e. The first-order valence-electron chi connectivity index (χ1n) is 10.0. The van der Waals surface area contributed by atoms with Crippen LogP contribution in [0.2, 0.25) is 0 Å². The Balaban J connectivity index is 2.14. The van der Waals surface area contributed by atoms with E-state index in [2.05, 4.69) is 5.32 Å². The predicted octanol–water partition coefficient (Wildman–Crippen LogP) is 2.67. The molecule has 0 aromatic heterocycles. The number of anilines is 1. The van der Waals surface area contributed by atoms with Crippen LogP contribution in [0.3, 0.4) is 0 Å². The van der Waals surface area contributed by atoms with E-state index in [-0.39, 0.29) is 43.4 Å². The highest BCUT2D eigenvalue weighted by Gasteiger charge is 2.26. The van der Waals surface area contributed by atoms with Gasteiger partial charge >= 0.3 is 0 Å². The van der Waals surface area contributed by atoms with Crippen LogP contribution in [0.1, 0.15) is 25.3 Å². The van der Waals surface area contributed by atoms with Gasteiger partial charge in [0.1, 0.15) is 6.04 Å². The van der Waals surface area contributed by atoms with E-state index >= 15 is 0 Å². The van der Waals surface area contributed by atoms with E-state index in [1.807, 2.05) is 30.3 Å². The van der Waals surface area contributed by atoms with Crippen molar-refractivity contribution in [3.8, 4) is 0 Å². The SMILES string of the molecule is CNC(=O)[C@H](C)N(Cc1ccccc1)C(=O)CCCN(c1ccc(F)c(F)c1)S(C)(=O)=O. The summed E-state index contributed by atoms with van der Waals surface area (Å²) < 4.78 is 52.1. The molecule has 0 heterocycles. The number of rotatable bonds is 10. The molecular weight excluding hydrogens is 440 g/mol. The summed E-state index contributed by atoms with van der Waals surface area (Å²) in [4.78, 5) is 26.5. The standard InChI is InChI=1S/C22H27F2N3O4S/c1-16(22(29)25-2)26(15-17-8-5-4-6-9-17)21(28)10-7-13-27(32(3,30)31)18-11-12-19(23)20(24)14-18/h4-6,8-9,11-12,14,16H,7,10,13,15H2,1-3H3,(H,25,29)/t16-/m0/s1. The van der Waals surface area contributed by atoms with Gasteiger partial charge in [0, 0.05) is 32.6 Å². The van der Waals surface area contributed by atoms with Crippen LogP contribution in [0.15, 0.2) is 48.5 Å². The molecule has 0 aliphatic heterocycles. The van der Waals surface area contributed by atoms with Crippen LogP contribution in [0.5, 0.6) is 0 Å². The average molecular weight is 468 g/mol. The molecule has 0 unspecified atom stereocenters. The van der Waals surface area contributed by atoms with Crippen molar-refractivity contribution in [2.24, 2.45) is 0 Å². The van der Waals surface area contributed by atoms with Crippen LogP contribution in [-0.4, -0.2) is 51.0 Å². The number of hydrogen-bond donors (Lipinski definition) is 1. The second-order valence-electron chi connectivity index (χ2n) is 7.33. The van der Waals surface area contributed by atoms with Crippen LogP contribution >= 0.6 is 0 Å². The zero-order chi connectivity index (χ0) is 23.9. The third-order valence-corrected chi connectivity index (χ3v) is 6.15. The second kappa shape index (κ2) is 11.0. The number of nitrogens with zero attached hydrogens (tertiary/aromatic N) is 2. The summed E-state index contributed by atoms with van der Waals surface area (Å²) in [6, 6.07) is 11.3. The number of carbonyl (C=O) groups excluding carboxylic acids is 2. The van der Waals surface area contributed by atoms with Crippen molar-refractivity contribution < 1.29 is 26.8 Å². The number of halogens is 2. The fraction of sp³-hybridized carbons (Fsp3) is 0.364. The van der Waals surface area contributed by atoms with E-state index in [1.165, 1.54) is 11.9 Å². The van der Waals surface area contributed by atoms with Crippen LogP contribution in [0, 0.1) is 11.6 Å². The third-order valence-electron chi connectivity index (χ3n) is 4.95. The van der Waals surface area contributed by atoms with Crippen molar-refractivity contribution in [1.82, 2.24) is 10.2 Å². The highest BCUT2D eigenvalue weighted by atomic mass is 32.2. The number of sulfonamides is 1. The Kier molecular flexibility index (Phi) is 8.71. The third kappa shape index (κ3) is 6.74. The first-order valence-corrected chi connectivity index (χ1v) is 11.9. The molecule has 1 N–H and O–H groups in total. The lowest BCUT2D eigenvalue weighted by molar-refractivity contribution is -0.140. The molecule has 7 nitrogen and oxygen atoms in total. The molecule has 0 aliphatic carbocycles. The molecule has 0 bridgehead atoms. The zero-order valence-electron chi connectivity index (χ0n) is 18.2. The van der Waals surface area contributed by atoms with Gasteiger partial charge in [-0.15, -0.1) is 0 Å². The number of amides is 2. The Bertz CT molecular complexity index is 1050. The van der Waals surface area contributed by atoms with Gasteiger partial charge in [0.25, 0.3) is 0 Å². The van der Waals surface area contributed by atoms with Crippen LogP contribution < -0.4 is 9.62 Å². The highest BCUT2D eigenvalue weighted by Crippen LogP contribution is 2.21. The van der Waals surface area contributed by atoms with Crippen molar-refractivity contribution in [2.75, 3.05) is 24.2 Å². The molecule has 0 radical (unpaired) electrons. The fourth-order valence-corrected chi connectivity index (χ4v) is 4.17. The highest BCUT2D eigenvalue weighted by molar-refractivity contribution is 7.92. The molecule has 174 valence electrons. The van der Waals surface area contributed by atoms with Crippen molar-refractivity contribution in [1.29, 1.82) is 0 Å². The zero-order valence-corrected chi connectivity index (χ0v) is 19.0. The summed E-state index contributed by atoms with van der Waals surface area (Å²) in [6.45, 7) is 1.72. The lowest BCUT2D eigenvalue weighted by Gasteiger charge is -2.29. The molecule has 10 heteroatoms. The Morgan fingerprint density at radius 2 is 1.72 bits per heavy atom. The van der Waals surface area contributed by atoms with Crippen LogP contribution in [0.25, 0.3) is 0 Å². The molecule has 2 aromatic carbocycles. The molecule has 0 saturated heterocycles. The van der Waals surface area contributed by atoms with Crippen molar-refractivity contribution >= 4 is 27.5 Å². The topological polar surface area (TPSA) is 86.8 Å². The predicted molar refractivity (Wildman–Crippen MR) is 118 cm³/mol. The monoisotopic (exact) mass is 467 g/mol. The van der Waals surface area contributed by atoms with Gasteiger partial charge in [-0.1, -0.05) is 30.3 Å². The quantitative estimate of drug-likeness (QED) is 0.582. The summed E-state index contributed by atoms with van der Waals surface area (Å²) >= 11 is 0. The maximum atomic E-state index is 13.6. The first kappa shape index (κ1) is 25.3. The lowest BCUT2D eigenvalue weighted by atomic mass is 10.1. The van der Waals surface area contributed by atoms with Gasteiger partial charge in [-0.05, 0) is 31.0 Å². The van der Waals surface area contributed by atoms with Crippen molar-refractivity contribution in [2.45, 2.75) is 32.4 Å². The van der Waals surface area contributed by atoms with Crippen molar-refractivity contribution in [3.05, 3.63) is 65.7 Å². The molecule has 2 amide bonds. The number of likely N-dealkylation sites (N-methyl/N-ethyl adjacent to an activating group) is 1. The maximum absolute atomic E-state index is 13.6. The molecule has 32 heavy (non-hydrogen) atoms. The Labute approximate surface area is 187 Å². The van der Waals surface area contributed by atoms with Gasteiger partial charge in [0.2, 0.25) is 21.8 Å². The van der Waals surface area contributed by atoms with E-state index in [0.717, 1.165) is 34.3 Å². The molecule has 0 aliphatic rings. The summed E-state index contributed by atoms with van der Waals surface area (Å²) in [7, 11) is -2.31. The number of nitrogens with one attached hydrogen (secondary N) is 1. The molecule has 0 saturated carbocycles. The van der Waals surface area contributed by atoms with Gasteiger partial charge in [-0.3, -0.25) is 13.9 Å². The largest absolute Gasteiger partial charge is 0.357 e. The molecule has 1 atom stereocenters. The molecular formula is C22H27F2N3O4S. The number of benzene rings is 2. The van der Waals surface area contributed by atoms with E-state index < -0.39 is 27.7 Å². The van der Waals surface area contributed by atoms with Gasteiger partial charge in [-0.25, -0.2) is 17.2 Å². The molecule has 2 aromatic rings. The summed E-state index contributed by atoms with van der Waals surface area (Å²) in [6.07, 6.45) is 1.03. The molecule has 0 spiro atoms. The summed E-state index contributed by atoms with van der Waals surface area (Å²) in [5, 5.41) is 2.52. The minimum absolute atomic E-state index is 0.0290. The van der Waals surface area contributed by atoms with Gasteiger partial charge in [-0.2, -0.15) is 0 Å². The Morgan fingerprint density at radius 1 is 1.06 bits per heavy atom. The number of carbonyl (C=O) groups is 2. The minimum atomic E-state index is -3.79. The van der Waals surface area contributed by atoms with Crippen molar-refractivity contribution in [3.63, 3.8) is 0 Å². The van der Waals surface area contributed by atoms with E-state index in [1.54, 1.807) is 6.92 Å². The Morgan fingerprint density at radius 3 is 2.28 bits per heavy atom. The van der Waals surface area contributed by atoms with Crippen LogP contribution in [0.4, 0.5) is 14.5 Å². The van der Waals surface area contributed by atoms with Crippen LogP contribution in [-0.2, 0) is 26.2 Å². The summed E-state index contributed by atoms with van der Waals surface area (Å²) in [5.41, 5.74) is 0.815. The molecule has 2 rings (SSSR count). The van der Waals surface area contributed by atoms with Gasteiger partial charge in [0.05, 0.1) is 11.9 Å².